The van der Waals surface area contributed by atoms with Gasteiger partial charge in [0.15, 0.2) is 0 Å². The molecule has 23 heavy (non-hydrogen) atoms. The molecule has 7 N–H and O–H groups in total. The van der Waals surface area contributed by atoms with Gasteiger partial charge < -0.3 is 45.2 Å². The zero-order chi connectivity index (χ0) is 17.4. The van der Waals surface area contributed by atoms with Crippen molar-refractivity contribution in [2.75, 3.05) is 13.2 Å². The van der Waals surface area contributed by atoms with Gasteiger partial charge in [-0.1, -0.05) is 0 Å². The molecule has 0 aromatic rings. The molecule has 0 aliphatic carbocycles. The number of rotatable bonds is 5. The van der Waals surface area contributed by atoms with E-state index in [0.717, 1.165) is 0 Å². The molecule has 2 aliphatic rings. The van der Waals surface area contributed by atoms with Crippen molar-refractivity contribution < 1.29 is 55.0 Å². The molecule has 11 heteroatoms. The first-order chi connectivity index (χ1) is 10.7. The van der Waals surface area contributed by atoms with Crippen LogP contribution < -0.4 is 0 Å². The molecule has 2 heterocycles. The highest BCUT2D eigenvalue weighted by atomic mass is 17.2. The maximum absolute atomic E-state index is 10.0. The predicted molar refractivity (Wildman–Crippen MR) is 68.3 cm³/mol. The van der Waals surface area contributed by atoms with Gasteiger partial charge in [0.1, 0.15) is 43.2 Å². The van der Waals surface area contributed by atoms with E-state index in [0.29, 0.717) is 0 Å². The first-order valence-corrected chi connectivity index (χ1v) is 7.06. The monoisotopic (exact) mass is 342 g/mol. The summed E-state index contributed by atoms with van der Waals surface area (Å²) in [5.74, 6) is -2.23. The molecule has 9 atom stereocenters. The summed E-state index contributed by atoms with van der Waals surface area (Å²) in [5, 5.41) is 67.1. The lowest BCUT2D eigenvalue weighted by Gasteiger charge is -2.39. The Bertz CT molecular complexity index is 393. The Morgan fingerprint density at radius 2 is 1.65 bits per heavy atom. The van der Waals surface area contributed by atoms with E-state index >= 15 is 0 Å². The van der Waals surface area contributed by atoms with E-state index in [1.807, 2.05) is 0 Å². The van der Waals surface area contributed by atoms with Gasteiger partial charge in [-0.3, -0.25) is 0 Å². The van der Waals surface area contributed by atoms with Gasteiger partial charge >= 0.3 is 0 Å². The van der Waals surface area contributed by atoms with E-state index in [2.05, 4.69) is 4.89 Å². The molecule has 11 nitrogen and oxygen atoms in total. The summed E-state index contributed by atoms with van der Waals surface area (Å²) >= 11 is 0. The highest BCUT2D eigenvalue weighted by molar-refractivity contribution is 4.93. The predicted octanol–water partition coefficient (Wildman–Crippen LogP) is -4.44. The second kappa shape index (κ2) is 7.21. The van der Waals surface area contributed by atoms with Gasteiger partial charge in [-0.2, -0.15) is 0 Å². The van der Waals surface area contributed by atoms with Crippen LogP contribution in [0.2, 0.25) is 0 Å². The van der Waals surface area contributed by atoms with Gasteiger partial charge in [0.25, 0.3) is 0 Å². The largest absolute Gasteiger partial charge is 0.394 e. The Morgan fingerprint density at radius 3 is 2.17 bits per heavy atom. The minimum atomic E-state index is -2.23. The summed E-state index contributed by atoms with van der Waals surface area (Å²) < 4.78 is 9.99. The van der Waals surface area contributed by atoms with Crippen LogP contribution in [-0.2, 0) is 19.2 Å². The SMILES string of the molecule is C[C@H]1O[C@](O)(COO[C@H]2O[C@H](CO)[C@@H](O)[C@H](O)[C@H]2O)[C@@H](O)[C@@H]1O. The molecule has 0 unspecified atom stereocenters. The van der Waals surface area contributed by atoms with Crippen LogP contribution in [0.1, 0.15) is 6.92 Å². The molecule has 0 radical (unpaired) electrons. The van der Waals surface area contributed by atoms with Gasteiger partial charge in [-0.15, -0.1) is 0 Å². The van der Waals surface area contributed by atoms with Gasteiger partial charge in [-0.05, 0) is 6.92 Å². The Hall–Kier alpha value is -0.440. The van der Waals surface area contributed by atoms with Crippen LogP contribution in [0.3, 0.4) is 0 Å². The van der Waals surface area contributed by atoms with E-state index in [1.54, 1.807) is 0 Å². The minimum Gasteiger partial charge on any atom is -0.394 e. The summed E-state index contributed by atoms with van der Waals surface area (Å²) in [7, 11) is 0. The summed E-state index contributed by atoms with van der Waals surface area (Å²) in [6, 6.07) is 0. The van der Waals surface area contributed by atoms with Crippen LogP contribution >= 0.6 is 0 Å². The number of ether oxygens (including phenoxy) is 2. The molecule has 2 rings (SSSR count). The third kappa shape index (κ3) is 3.65. The van der Waals surface area contributed by atoms with Crippen LogP contribution in [0.25, 0.3) is 0 Å². The third-order valence-electron chi connectivity index (χ3n) is 3.93. The molecule has 0 aromatic carbocycles. The number of hydrogen-bond donors (Lipinski definition) is 7. The molecule has 2 saturated heterocycles. The van der Waals surface area contributed by atoms with Crippen molar-refractivity contribution in [1.29, 1.82) is 0 Å². The lowest BCUT2D eigenvalue weighted by molar-refractivity contribution is -0.444. The molecule has 136 valence electrons. The average molecular weight is 342 g/mol. The van der Waals surface area contributed by atoms with Gasteiger partial charge in [-0.25, -0.2) is 9.78 Å². The van der Waals surface area contributed by atoms with Crippen LogP contribution in [0.15, 0.2) is 0 Å². The highest BCUT2D eigenvalue weighted by Gasteiger charge is 2.53. The van der Waals surface area contributed by atoms with E-state index in [-0.39, 0.29) is 0 Å². The van der Waals surface area contributed by atoms with Gasteiger partial charge in [0, 0.05) is 0 Å². The summed E-state index contributed by atoms with van der Waals surface area (Å²) in [5.41, 5.74) is 0. The van der Waals surface area contributed by atoms with E-state index in [4.69, 9.17) is 19.5 Å². The lowest BCUT2D eigenvalue weighted by Crippen LogP contribution is -2.59. The number of hydrogen-bond acceptors (Lipinski definition) is 11. The fraction of sp³-hybridized carbons (Fsp3) is 1.00. The summed E-state index contributed by atoms with van der Waals surface area (Å²) in [4.78, 5) is 9.37. The Labute approximate surface area is 131 Å². The zero-order valence-electron chi connectivity index (χ0n) is 12.3. The maximum Gasteiger partial charge on any atom is 0.222 e. The Kier molecular flexibility index (Phi) is 5.92. The lowest BCUT2D eigenvalue weighted by atomic mass is 9.99. The van der Waals surface area contributed by atoms with Crippen LogP contribution in [-0.4, -0.2) is 104 Å². The molecule has 0 aromatic heterocycles. The van der Waals surface area contributed by atoms with Crippen LogP contribution in [0.5, 0.6) is 0 Å². The fourth-order valence-electron chi connectivity index (χ4n) is 2.44. The van der Waals surface area contributed by atoms with Crippen molar-refractivity contribution in [1.82, 2.24) is 0 Å². The van der Waals surface area contributed by atoms with Crippen molar-refractivity contribution in [3.05, 3.63) is 0 Å². The van der Waals surface area contributed by atoms with Crippen molar-refractivity contribution in [3.63, 3.8) is 0 Å². The van der Waals surface area contributed by atoms with E-state index in [1.165, 1.54) is 6.92 Å². The fourth-order valence-corrected chi connectivity index (χ4v) is 2.44. The standard InChI is InChI=1S/C12H22O11/c1-4-6(14)10(18)12(19,22-4)3-20-23-11-9(17)8(16)7(15)5(2-13)21-11/h4-11,13-19H,2-3H2,1H3/t4-,5-,6-,7-,8+,9-,10+,11-,12-/m1/s1. The highest BCUT2D eigenvalue weighted by Crippen LogP contribution is 2.30. The van der Waals surface area contributed by atoms with Gasteiger partial charge in [0.2, 0.25) is 12.1 Å². The number of aliphatic hydroxyl groups is 7. The molecule has 2 fully saturated rings. The topological polar surface area (TPSA) is 179 Å². The van der Waals surface area contributed by atoms with Crippen molar-refractivity contribution in [2.45, 2.75) is 61.7 Å². The molecule has 2 aliphatic heterocycles. The second-order valence-electron chi connectivity index (χ2n) is 5.66. The molecular formula is C12H22O11. The second-order valence-corrected chi connectivity index (χ2v) is 5.66. The molecular weight excluding hydrogens is 320 g/mol. The van der Waals surface area contributed by atoms with Crippen LogP contribution in [0, 0.1) is 0 Å². The quantitative estimate of drug-likeness (QED) is 0.189. The molecule has 0 saturated carbocycles. The maximum atomic E-state index is 10.0. The molecule has 0 spiro atoms. The average Bonchev–Trinajstić information content (AvgIpc) is 2.71. The smallest absolute Gasteiger partial charge is 0.222 e. The summed E-state index contributed by atoms with van der Waals surface area (Å²) in [6.07, 6.45) is -11.4. The zero-order valence-corrected chi connectivity index (χ0v) is 12.3. The van der Waals surface area contributed by atoms with E-state index < -0.39 is 68.0 Å². The first-order valence-electron chi connectivity index (χ1n) is 7.06. The third-order valence-corrected chi connectivity index (χ3v) is 3.93. The molecule has 0 amide bonds. The molecule has 0 bridgehead atoms. The Morgan fingerprint density at radius 1 is 1.00 bits per heavy atom. The van der Waals surface area contributed by atoms with Crippen molar-refractivity contribution in [2.24, 2.45) is 0 Å². The normalized spacial score (nSPS) is 51.1. The summed E-state index contributed by atoms with van der Waals surface area (Å²) in [6.45, 7) is 0.0647. The number of aliphatic hydroxyl groups excluding tert-OH is 6. The van der Waals surface area contributed by atoms with Gasteiger partial charge in [0.05, 0.1) is 12.7 Å². The Balaban J connectivity index is 1.88. The van der Waals surface area contributed by atoms with Crippen molar-refractivity contribution >= 4 is 0 Å². The van der Waals surface area contributed by atoms with Crippen molar-refractivity contribution in [3.8, 4) is 0 Å². The van der Waals surface area contributed by atoms with Crippen LogP contribution in [0.4, 0.5) is 0 Å². The first kappa shape index (κ1) is 18.9. The minimum absolute atomic E-state index is 0.639. The van der Waals surface area contributed by atoms with E-state index in [9.17, 15) is 30.6 Å².